The molecule has 1 aliphatic rings. The van der Waals surface area contributed by atoms with Crippen LogP contribution in [0.25, 0.3) is 0 Å². The summed E-state index contributed by atoms with van der Waals surface area (Å²) in [5.41, 5.74) is 6.79. The van der Waals surface area contributed by atoms with E-state index in [1.807, 2.05) is 38.1 Å². The Hall–Kier alpha value is -1.55. The quantitative estimate of drug-likeness (QED) is 0.846. The van der Waals surface area contributed by atoms with Crippen LogP contribution in [0.1, 0.15) is 44.7 Å². The van der Waals surface area contributed by atoms with E-state index in [2.05, 4.69) is 5.32 Å². The molecule has 1 unspecified atom stereocenters. The van der Waals surface area contributed by atoms with Crippen molar-refractivity contribution in [2.24, 2.45) is 17.6 Å². The topological polar surface area (TPSA) is 64.3 Å². The van der Waals surface area contributed by atoms with Crippen molar-refractivity contribution in [1.82, 2.24) is 5.32 Å². The van der Waals surface area contributed by atoms with Crippen molar-refractivity contribution < 1.29 is 9.53 Å². The molecule has 1 saturated carbocycles. The van der Waals surface area contributed by atoms with Gasteiger partial charge in [0.05, 0.1) is 12.6 Å². The van der Waals surface area contributed by atoms with Crippen LogP contribution in [0.4, 0.5) is 0 Å². The molecule has 1 aromatic rings. The maximum atomic E-state index is 12.5. The third-order valence-electron chi connectivity index (χ3n) is 4.34. The van der Waals surface area contributed by atoms with Gasteiger partial charge in [-0.15, -0.1) is 0 Å². The van der Waals surface area contributed by atoms with Gasteiger partial charge >= 0.3 is 0 Å². The number of hydrogen-bond acceptors (Lipinski definition) is 3. The summed E-state index contributed by atoms with van der Waals surface area (Å²) in [5.74, 6) is 1.37. The molecule has 0 heterocycles. The fourth-order valence-electron chi connectivity index (χ4n) is 3.19. The third kappa shape index (κ3) is 3.76. The molecule has 21 heavy (non-hydrogen) atoms. The minimum atomic E-state index is -0.0562. The average molecular weight is 290 g/mol. The number of amides is 1. The van der Waals surface area contributed by atoms with Crippen molar-refractivity contribution in [3.63, 3.8) is 0 Å². The normalized spacial score (nSPS) is 22.8. The fourth-order valence-corrected chi connectivity index (χ4v) is 3.19. The molecule has 3 atom stereocenters. The molecule has 116 valence electrons. The second kappa shape index (κ2) is 7.46. The van der Waals surface area contributed by atoms with Crippen molar-refractivity contribution in [2.75, 3.05) is 13.2 Å². The van der Waals surface area contributed by atoms with Crippen LogP contribution in [0.3, 0.4) is 0 Å². The molecule has 3 N–H and O–H groups in total. The second-order valence-electron chi connectivity index (χ2n) is 5.73. The highest BCUT2D eigenvalue weighted by Crippen LogP contribution is 2.32. The standard InChI is InChI=1S/C17H26N2O2/c1-3-21-16-10-5-4-8-14(16)12(2)19-17(20)15-9-6-7-13(15)11-18/h4-5,8,10,12-13,15H,3,6-7,9,11,18H2,1-2H3,(H,19,20)/t12?,13-,15-/m1/s1. The van der Waals surface area contributed by atoms with E-state index in [9.17, 15) is 4.79 Å². The lowest BCUT2D eigenvalue weighted by Gasteiger charge is -2.22. The zero-order valence-corrected chi connectivity index (χ0v) is 13.0. The Bertz CT molecular complexity index is 476. The van der Waals surface area contributed by atoms with Crippen molar-refractivity contribution in [1.29, 1.82) is 0 Å². The van der Waals surface area contributed by atoms with Gasteiger partial charge in [-0.3, -0.25) is 4.79 Å². The molecule has 0 saturated heterocycles. The predicted octanol–water partition coefficient (Wildman–Crippen LogP) is 2.64. The SMILES string of the molecule is CCOc1ccccc1C(C)NC(=O)[C@@H]1CCC[C@@H]1CN. The highest BCUT2D eigenvalue weighted by molar-refractivity contribution is 5.79. The molecular weight excluding hydrogens is 264 g/mol. The van der Waals surface area contributed by atoms with Gasteiger partial charge in [0, 0.05) is 11.5 Å². The van der Waals surface area contributed by atoms with Crippen LogP contribution in [0.5, 0.6) is 5.75 Å². The van der Waals surface area contributed by atoms with Gasteiger partial charge in [-0.25, -0.2) is 0 Å². The first-order chi connectivity index (χ1) is 10.2. The van der Waals surface area contributed by atoms with Crippen LogP contribution in [-0.2, 0) is 4.79 Å². The van der Waals surface area contributed by atoms with Crippen LogP contribution in [-0.4, -0.2) is 19.1 Å². The van der Waals surface area contributed by atoms with Crippen LogP contribution in [0, 0.1) is 11.8 Å². The van der Waals surface area contributed by atoms with Crippen molar-refractivity contribution >= 4 is 5.91 Å². The van der Waals surface area contributed by atoms with Gasteiger partial charge in [0.2, 0.25) is 5.91 Å². The molecule has 0 bridgehead atoms. The van der Waals surface area contributed by atoms with E-state index in [0.717, 1.165) is 30.6 Å². The first-order valence-electron chi connectivity index (χ1n) is 7.89. The van der Waals surface area contributed by atoms with Gasteiger partial charge in [0.25, 0.3) is 0 Å². The molecule has 1 fully saturated rings. The molecule has 1 aromatic carbocycles. The minimum absolute atomic E-state index is 0.0562. The minimum Gasteiger partial charge on any atom is -0.494 e. The zero-order chi connectivity index (χ0) is 15.2. The molecule has 0 radical (unpaired) electrons. The van der Waals surface area contributed by atoms with Crippen LogP contribution in [0.2, 0.25) is 0 Å². The summed E-state index contributed by atoms with van der Waals surface area (Å²) >= 11 is 0. The third-order valence-corrected chi connectivity index (χ3v) is 4.34. The summed E-state index contributed by atoms with van der Waals surface area (Å²) in [6, 6.07) is 7.81. The van der Waals surface area contributed by atoms with E-state index in [0.29, 0.717) is 19.1 Å². The van der Waals surface area contributed by atoms with Crippen LogP contribution < -0.4 is 15.8 Å². The lowest BCUT2D eigenvalue weighted by molar-refractivity contribution is -0.126. The fraction of sp³-hybridized carbons (Fsp3) is 0.588. The number of benzene rings is 1. The van der Waals surface area contributed by atoms with Crippen molar-refractivity contribution in [3.05, 3.63) is 29.8 Å². The Morgan fingerprint density at radius 2 is 2.19 bits per heavy atom. The van der Waals surface area contributed by atoms with Gasteiger partial charge in [-0.05, 0) is 45.2 Å². The molecule has 2 rings (SSSR count). The molecule has 1 aliphatic carbocycles. The molecule has 4 heteroatoms. The second-order valence-corrected chi connectivity index (χ2v) is 5.73. The lowest BCUT2D eigenvalue weighted by atomic mass is 9.94. The molecular formula is C17H26N2O2. The predicted molar refractivity (Wildman–Crippen MR) is 84.1 cm³/mol. The Kier molecular flexibility index (Phi) is 5.62. The lowest BCUT2D eigenvalue weighted by Crippen LogP contribution is -2.36. The zero-order valence-electron chi connectivity index (χ0n) is 13.0. The number of carbonyl (C=O) groups is 1. The molecule has 0 aliphatic heterocycles. The van der Waals surface area contributed by atoms with Gasteiger partial charge in [-0.1, -0.05) is 24.6 Å². The van der Waals surface area contributed by atoms with Crippen LogP contribution >= 0.6 is 0 Å². The Labute approximate surface area is 127 Å². The van der Waals surface area contributed by atoms with E-state index in [1.54, 1.807) is 0 Å². The maximum Gasteiger partial charge on any atom is 0.223 e. The number of nitrogens with one attached hydrogen (secondary N) is 1. The number of hydrogen-bond donors (Lipinski definition) is 2. The van der Waals surface area contributed by atoms with E-state index in [4.69, 9.17) is 10.5 Å². The van der Waals surface area contributed by atoms with Gasteiger partial charge in [0.15, 0.2) is 0 Å². The van der Waals surface area contributed by atoms with E-state index < -0.39 is 0 Å². The number of rotatable bonds is 6. The van der Waals surface area contributed by atoms with Gasteiger partial charge in [0.1, 0.15) is 5.75 Å². The summed E-state index contributed by atoms with van der Waals surface area (Å²) in [5, 5.41) is 3.13. The van der Waals surface area contributed by atoms with Crippen LogP contribution in [0.15, 0.2) is 24.3 Å². The van der Waals surface area contributed by atoms with E-state index in [1.165, 1.54) is 0 Å². The largest absolute Gasteiger partial charge is 0.494 e. The Balaban J connectivity index is 2.04. The Morgan fingerprint density at radius 3 is 2.90 bits per heavy atom. The molecule has 4 nitrogen and oxygen atoms in total. The number of para-hydroxylation sites is 1. The molecule has 0 aromatic heterocycles. The number of nitrogens with two attached hydrogens (primary N) is 1. The first-order valence-corrected chi connectivity index (χ1v) is 7.89. The van der Waals surface area contributed by atoms with Gasteiger partial charge in [-0.2, -0.15) is 0 Å². The van der Waals surface area contributed by atoms with Crippen molar-refractivity contribution in [3.8, 4) is 5.75 Å². The first kappa shape index (κ1) is 15.8. The van der Waals surface area contributed by atoms with E-state index >= 15 is 0 Å². The highest BCUT2D eigenvalue weighted by atomic mass is 16.5. The summed E-state index contributed by atoms with van der Waals surface area (Å²) in [6.07, 6.45) is 3.12. The molecule has 1 amide bonds. The Morgan fingerprint density at radius 1 is 1.43 bits per heavy atom. The monoisotopic (exact) mass is 290 g/mol. The van der Waals surface area contributed by atoms with E-state index in [-0.39, 0.29) is 17.9 Å². The molecule has 0 spiro atoms. The maximum absolute atomic E-state index is 12.5. The number of ether oxygens (including phenoxy) is 1. The number of carbonyl (C=O) groups excluding carboxylic acids is 1. The smallest absolute Gasteiger partial charge is 0.223 e. The summed E-state index contributed by atoms with van der Waals surface area (Å²) in [7, 11) is 0. The van der Waals surface area contributed by atoms with Gasteiger partial charge < -0.3 is 15.8 Å². The van der Waals surface area contributed by atoms with Crippen molar-refractivity contribution in [2.45, 2.75) is 39.2 Å². The highest BCUT2D eigenvalue weighted by Gasteiger charge is 2.32. The average Bonchev–Trinajstić information content (AvgIpc) is 2.96. The summed E-state index contributed by atoms with van der Waals surface area (Å²) < 4.78 is 5.64. The summed E-state index contributed by atoms with van der Waals surface area (Å²) in [6.45, 7) is 5.18. The summed E-state index contributed by atoms with van der Waals surface area (Å²) in [4.78, 5) is 12.5.